The Kier molecular flexibility index (Phi) is 29.2. The molecular formula is C24H53NO10Si. The van der Waals surface area contributed by atoms with Crippen LogP contribution in [0.2, 0.25) is 19.6 Å². The molecule has 1 N–H and O–H groups in total. The van der Waals surface area contributed by atoms with E-state index in [4.69, 9.17) is 47.1 Å². The van der Waals surface area contributed by atoms with Crippen LogP contribution in [0.5, 0.6) is 0 Å². The third kappa shape index (κ3) is 33.8. The van der Waals surface area contributed by atoms with Crippen LogP contribution in [0.1, 0.15) is 0 Å². The zero-order valence-electron chi connectivity index (χ0n) is 23.2. The number of hydrogen-bond acceptors (Lipinski definition) is 11. The highest BCUT2D eigenvalue weighted by Crippen LogP contribution is 2.01. The molecule has 0 fully saturated rings. The van der Waals surface area contributed by atoms with Gasteiger partial charge in [0.05, 0.1) is 126 Å². The van der Waals surface area contributed by atoms with Crippen molar-refractivity contribution >= 4 is 8.32 Å². The van der Waals surface area contributed by atoms with Crippen molar-refractivity contribution in [1.29, 1.82) is 0 Å². The summed E-state index contributed by atoms with van der Waals surface area (Å²) in [5.41, 5.74) is 0. The Hall–Kier alpha value is -0.223. The fourth-order valence-electron chi connectivity index (χ4n) is 2.44. The molecule has 0 aromatic heterocycles. The average Bonchev–Trinajstić information content (AvgIpc) is 2.84. The summed E-state index contributed by atoms with van der Waals surface area (Å²) in [5, 5.41) is 3.02. The maximum absolute atomic E-state index is 5.71. The molecule has 0 saturated carbocycles. The highest BCUT2D eigenvalue weighted by molar-refractivity contribution is 6.69. The largest absolute Gasteiger partial charge is 0.415 e. The van der Waals surface area contributed by atoms with Crippen LogP contribution in [0.3, 0.4) is 0 Å². The van der Waals surface area contributed by atoms with E-state index in [1.165, 1.54) is 0 Å². The number of nitrogens with one attached hydrogen (secondary N) is 1. The first-order valence-electron chi connectivity index (χ1n) is 13.0. The van der Waals surface area contributed by atoms with Gasteiger partial charge in [-0.05, 0) is 26.7 Å². The Balaban J connectivity index is 3.03. The molecule has 12 heteroatoms. The van der Waals surface area contributed by atoms with E-state index in [2.05, 4.69) is 25.0 Å². The Morgan fingerprint density at radius 1 is 0.361 bits per heavy atom. The smallest absolute Gasteiger partial charge is 0.183 e. The van der Waals surface area contributed by atoms with Crippen molar-refractivity contribution in [2.24, 2.45) is 0 Å². The predicted molar refractivity (Wildman–Crippen MR) is 141 cm³/mol. The summed E-state index contributed by atoms with van der Waals surface area (Å²) in [4.78, 5) is 0. The Morgan fingerprint density at radius 2 is 0.583 bits per heavy atom. The Morgan fingerprint density at radius 3 is 0.806 bits per heavy atom. The van der Waals surface area contributed by atoms with Gasteiger partial charge in [0.15, 0.2) is 8.32 Å². The lowest BCUT2D eigenvalue weighted by Gasteiger charge is -2.16. The summed E-state index contributed by atoms with van der Waals surface area (Å²) in [7, 11) is 0.457. The summed E-state index contributed by atoms with van der Waals surface area (Å²) >= 11 is 0. The summed E-state index contributed by atoms with van der Waals surface area (Å²) < 4.78 is 54.6. The standard InChI is InChI=1S/C24H53NO10Si/c1-25-5-6-26-7-8-27-9-10-28-11-12-29-13-14-30-15-16-31-17-18-32-19-20-33-21-22-34-23-24-35-36(2,3)4/h25H,5-24H2,1-4H3. The molecule has 0 spiro atoms. The van der Waals surface area contributed by atoms with Crippen molar-refractivity contribution < 1.29 is 47.1 Å². The van der Waals surface area contributed by atoms with Gasteiger partial charge in [0.2, 0.25) is 0 Å². The third-order valence-electron chi connectivity index (χ3n) is 4.24. The number of ether oxygens (including phenoxy) is 9. The number of likely N-dealkylation sites (N-methyl/N-ethyl adjacent to an activating group) is 1. The molecule has 0 rings (SSSR count). The van der Waals surface area contributed by atoms with Gasteiger partial charge in [-0.3, -0.25) is 0 Å². The first kappa shape index (κ1) is 35.8. The molecule has 0 aliphatic carbocycles. The van der Waals surface area contributed by atoms with Gasteiger partial charge in [0.25, 0.3) is 0 Å². The fourth-order valence-corrected chi connectivity index (χ4v) is 3.14. The third-order valence-corrected chi connectivity index (χ3v) is 5.31. The second-order valence-electron chi connectivity index (χ2n) is 8.58. The van der Waals surface area contributed by atoms with E-state index in [9.17, 15) is 0 Å². The zero-order chi connectivity index (χ0) is 26.4. The summed E-state index contributed by atoms with van der Waals surface area (Å²) in [5.74, 6) is 0. The van der Waals surface area contributed by atoms with E-state index < -0.39 is 8.32 Å². The van der Waals surface area contributed by atoms with Gasteiger partial charge in [-0.1, -0.05) is 0 Å². The molecule has 0 amide bonds. The molecule has 0 radical (unpaired) electrons. The van der Waals surface area contributed by atoms with Gasteiger partial charge in [-0.2, -0.15) is 0 Å². The summed E-state index contributed by atoms with van der Waals surface area (Å²) in [6.45, 7) is 18.1. The van der Waals surface area contributed by atoms with E-state index in [1.807, 2.05) is 7.05 Å². The molecule has 0 unspecified atom stereocenters. The maximum Gasteiger partial charge on any atom is 0.183 e. The molecule has 0 aromatic carbocycles. The summed E-state index contributed by atoms with van der Waals surface area (Å²) in [6.07, 6.45) is 0. The van der Waals surface area contributed by atoms with Gasteiger partial charge >= 0.3 is 0 Å². The fraction of sp³-hybridized carbons (Fsp3) is 1.00. The zero-order valence-corrected chi connectivity index (χ0v) is 24.2. The minimum atomic E-state index is -1.44. The van der Waals surface area contributed by atoms with Crippen LogP contribution >= 0.6 is 0 Å². The van der Waals surface area contributed by atoms with E-state index in [0.717, 1.165) is 6.54 Å². The lowest BCUT2D eigenvalue weighted by atomic mass is 10.6. The van der Waals surface area contributed by atoms with E-state index >= 15 is 0 Å². The highest BCUT2D eigenvalue weighted by atomic mass is 28.4. The van der Waals surface area contributed by atoms with E-state index in [-0.39, 0.29) is 0 Å². The van der Waals surface area contributed by atoms with Crippen molar-refractivity contribution in [2.75, 3.05) is 139 Å². The molecule has 218 valence electrons. The first-order valence-corrected chi connectivity index (χ1v) is 16.5. The van der Waals surface area contributed by atoms with Crippen molar-refractivity contribution in [3.63, 3.8) is 0 Å². The Bertz CT molecular complexity index is 419. The maximum atomic E-state index is 5.71. The molecule has 0 aliphatic rings. The second-order valence-corrected chi connectivity index (χ2v) is 13.1. The van der Waals surface area contributed by atoms with Crippen molar-refractivity contribution in [3.05, 3.63) is 0 Å². The van der Waals surface area contributed by atoms with Crippen molar-refractivity contribution in [3.8, 4) is 0 Å². The normalized spacial score (nSPS) is 12.0. The minimum Gasteiger partial charge on any atom is -0.415 e. The second kappa shape index (κ2) is 29.3. The van der Waals surface area contributed by atoms with Crippen LogP contribution in [0.25, 0.3) is 0 Å². The van der Waals surface area contributed by atoms with Crippen LogP contribution in [0, 0.1) is 0 Å². The first-order chi connectivity index (χ1) is 17.6. The molecule has 0 heterocycles. The van der Waals surface area contributed by atoms with Gasteiger partial charge in [-0.15, -0.1) is 0 Å². The van der Waals surface area contributed by atoms with Crippen LogP contribution in [0.4, 0.5) is 0 Å². The van der Waals surface area contributed by atoms with Gasteiger partial charge in [0.1, 0.15) is 0 Å². The number of rotatable bonds is 31. The lowest BCUT2D eigenvalue weighted by molar-refractivity contribution is -0.0253. The SMILES string of the molecule is CNCCOCCOCCOCCOCCOCCOCCOCCOCCOCCO[Si](C)(C)C. The predicted octanol–water partition coefficient (Wildman–Crippen LogP) is 1.21. The van der Waals surface area contributed by atoms with Crippen LogP contribution in [-0.2, 0) is 47.1 Å². The van der Waals surface area contributed by atoms with Crippen molar-refractivity contribution in [2.45, 2.75) is 19.6 Å². The minimum absolute atomic E-state index is 0.530. The molecule has 0 atom stereocenters. The quantitative estimate of drug-likeness (QED) is 0.101. The summed E-state index contributed by atoms with van der Waals surface area (Å²) in [6, 6.07) is 0. The number of hydrogen-bond donors (Lipinski definition) is 1. The lowest BCUT2D eigenvalue weighted by Crippen LogP contribution is -2.27. The molecular weight excluding hydrogens is 490 g/mol. The molecule has 11 nitrogen and oxygen atoms in total. The average molecular weight is 544 g/mol. The highest BCUT2D eigenvalue weighted by Gasteiger charge is 2.13. The van der Waals surface area contributed by atoms with Crippen LogP contribution < -0.4 is 5.32 Å². The molecule has 0 aliphatic heterocycles. The Labute approximate surface area is 219 Å². The van der Waals surface area contributed by atoms with Gasteiger partial charge < -0.3 is 52.4 Å². The van der Waals surface area contributed by atoms with E-state index in [1.54, 1.807) is 0 Å². The molecule has 36 heavy (non-hydrogen) atoms. The van der Waals surface area contributed by atoms with Gasteiger partial charge in [-0.25, -0.2) is 0 Å². The topological polar surface area (TPSA) is 104 Å². The molecule has 0 saturated heterocycles. The molecule has 0 aromatic rings. The monoisotopic (exact) mass is 543 g/mol. The van der Waals surface area contributed by atoms with Crippen molar-refractivity contribution in [1.82, 2.24) is 5.32 Å². The molecule has 0 bridgehead atoms. The van der Waals surface area contributed by atoms with E-state index in [0.29, 0.717) is 126 Å². The van der Waals surface area contributed by atoms with Crippen LogP contribution in [-0.4, -0.2) is 147 Å². The van der Waals surface area contributed by atoms with Gasteiger partial charge in [0, 0.05) is 6.54 Å². The van der Waals surface area contributed by atoms with Crippen LogP contribution in [0.15, 0.2) is 0 Å².